The maximum Gasteiger partial charge on any atom is 0.182 e. The van der Waals surface area contributed by atoms with E-state index in [-0.39, 0.29) is 23.6 Å². The standard InChI is InChI=1S/C11H14F2N2O/c1-14-6-9(16)7-4-5-8(12)10(13)11(7)15(2)3/h4-5,14H,6H2,1-3H3. The number of Topliss-reactive ketones (excluding diaryl/α,β-unsaturated/α-hetero) is 1. The van der Waals surface area contributed by atoms with Crippen molar-refractivity contribution < 1.29 is 13.6 Å². The van der Waals surface area contributed by atoms with Crippen LogP contribution in [0.25, 0.3) is 0 Å². The van der Waals surface area contributed by atoms with E-state index in [0.717, 1.165) is 6.07 Å². The van der Waals surface area contributed by atoms with Crippen molar-refractivity contribution in [3.8, 4) is 0 Å². The van der Waals surface area contributed by atoms with Gasteiger partial charge in [0.1, 0.15) is 0 Å². The van der Waals surface area contributed by atoms with Gasteiger partial charge in [0.2, 0.25) is 0 Å². The molecule has 0 saturated carbocycles. The maximum absolute atomic E-state index is 13.5. The van der Waals surface area contributed by atoms with Gasteiger partial charge >= 0.3 is 0 Å². The smallest absolute Gasteiger partial charge is 0.182 e. The quantitative estimate of drug-likeness (QED) is 0.791. The molecule has 0 atom stereocenters. The fraction of sp³-hybridized carbons (Fsp3) is 0.364. The van der Waals surface area contributed by atoms with Crippen molar-refractivity contribution in [1.29, 1.82) is 0 Å². The van der Waals surface area contributed by atoms with Crippen LogP contribution in [0.2, 0.25) is 0 Å². The number of nitrogens with zero attached hydrogens (tertiary/aromatic N) is 1. The van der Waals surface area contributed by atoms with Crippen LogP contribution in [0.4, 0.5) is 14.5 Å². The molecule has 0 aliphatic rings. The highest BCUT2D eigenvalue weighted by Crippen LogP contribution is 2.25. The van der Waals surface area contributed by atoms with Crippen molar-refractivity contribution >= 4 is 11.5 Å². The number of ketones is 1. The molecule has 1 rings (SSSR count). The largest absolute Gasteiger partial charge is 0.375 e. The molecule has 0 radical (unpaired) electrons. The Hall–Kier alpha value is -1.49. The molecule has 1 aromatic carbocycles. The molecule has 88 valence electrons. The molecule has 3 nitrogen and oxygen atoms in total. The Labute approximate surface area is 93.1 Å². The van der Waals surface area contributed by atoms with Crippen molar-refractivity contribution in [3.63, 3.8) is 0 Å². The van der Waals surface area contributed by atoms with Crippen LogP contribution >= 0.6 is 0 Å². The first-order chi connectivity index (χ1) is 7.49. The van der Waals surface area contributed by atoms with E-state index in [1.165, 1.54) is 11.0 Å². The lowest BCUT2D eigenvalue weighted by atomic mass is 10.1. The van der Waals surface area contributed by atoms with Gasteiger partial charge in [0.25, 0.3) is 0 Å². The van der Waals surface area contributed by atoms with Gasteiger partial charge in [-0.05, 0) is 19.2 Å². The van der Waals surface area contributed by atoms with Crippen LogP contribution in [0.3, 0.4) is 0 Å². The summed E-state index contributed by atoms with van der Waals surface area (Å²) in [6, 6.07) is 2.26. The van der Waals surface area contributed by atoms with Gasteiger partial charge in [-0.1, -0.05) is 0 Å². The number of hydrogen-bond acceptors (Lipinski definition) is 3. The summed E-state index contributed by atoms with van der Waals surface area (Å²) in [6.45, 7) is 0.0892. The van der Waals surface area contributed by atoms with Gasteiger partial charge in [0, 0.05) is 19.7 Å². The number of carbonyl (C=O) groups excluding carboxylic acids is 1. The van der Waals surface area contributed by atoms with Gasteiger partial charge in [0.15, 0.2) is 17.4 Å². The fourth-order valence-electron chi connectivity index (χ4n) is 1.46. The predicted octanol–water partition coefficient (Wildman–Crippen LogP) is 1.43. The van der Waals surface area contributed by atoms with E-state index in [4.69, 9.17) is 0 Å². The maximum atomic E-state index is 13.5. The number of halogens is 2. The minimum Gasteiger partial charge on any atom is -0.375 e. The first-order valence-corrected chi connectivity index (χ1v) is 4.82. The van der Waals surface area contributed by atoms with Crippen LogP contribution in [-0.2, 0) is 0 Å². The number of hydrogen-bond donors (Lipinski definition) is 1. The van der Waals surface area contributed by atoms with Gasteiger partial charge in [0.05, 0.1) is 12.2 Å². The normalized spacial score (nSPS) is 10.3. The molecule has 0 aliphatic carbocycles. The highest BCUT2D eigenvalue weighted by molar-refractivity contribution is 6.02. The number of carbonyl (C=O) groups is 1. The summed E-state index contributed by atoms with van der Waals surface area (Å²) < 4.78 is 26.6. The molecule has 0 saturated heterocycles. The topological polar surface area (TPSA) is 32.3 Å². The Morgan fingerprint density at radius 1 is 1.38 bits per heavy atom. The summed E-state index contributed by atoms with van der Waals surface area (Å²) in [7, 11) is 4.75. The fourth-order valence-corrected chi connectivity index (χ4v) is 1.46. The number of nitrogens with one attached hydrogen (secondary N) is 1. The summed E-state index contributed by atoms with van der Waals surface area (Å²) in [5.74, 6) is -2.22. The first-order valence-electron chi connectivity index (χ1n) is 4.82. The van der Waals surface area contributed by atoms with E-state index >= 15 is 0 Å². The molecule has 0 aliphatic heterocycles. The molecule has 1 aromatic rings. The van der Waals surface area contributed by atoms with Gasteiger partial charge in [-0.2, -0.15) is 0 Å². The van der Waals surface area contributed by atoms with E-state index in [9.17, 15) is 13.6 Å². The molecule has 0 fully saturated rings. The van der Waals surface area contributed by atoms with Crippen LogP contribution in [0.5, 0.6) is 0 Å². The Morgan fingerprint density at radius 3 is 2.50 bits per heavy atom. The molecule has 16 heavy (non-hydrogen) atoms. The van der Waals surface area contributed by atoms with E-state index in [0.29, 0.717) is 0 Å². The molecular formula is C11H14F2N2O. The molecule has 5 heteroatoms. The molecule has 0 aromatic heterocycles. The van der Waals surface area contributed by atoms with Gasteiger partial charge in [-0.25, -0.2) is 8.78 Å². The molecule has 0 bridgehead atoms. The lowest BCUT2D eigenvalue weighted by molar-refractivity contribution is 0.0993. The van der Waals surface area contributed by atoms with E-state index in [2.05, 4.69) is 5.32 Å². The summed E-state index contributed by atoms with van der Waals surface area (Å²) in [4.78, 5) is 13.0. The number of rotatable bonds is 4. The summed E-state index contributed by atoms with van der Waals surface area (Å²) in [6.07, 6.45) is 0. The Kier molecular flexibility index (Phi) is 3.95. The third kappa shape index (κ3) is 2.36. The van der Waals surface area contributed by atoms with Crippen LogP contribution in [0.1, 0.15) is 10.4 Å². The SMILES string of the molecule is CNCC(=O)c1ccc(F)c(F)c1N(C)C. The number of anilines is 1. The minimum absolute atomic E-state index is 0.0137. The molecular weight excluding hydrogens is 214 g/mol. The van der Waals surface area contributed by atoms with E-state index in [1.807, 2.05) is 0 Å². The van der Waals surface area contributed by atoms with Crippen molar-refractivity contribution in [3.05, 3.63) is 29.3 Å². The Morgan fingerprint density at radius 2 is 2.00 bits per heavy atom. The molecule has 0 heterocycles. The third-order valence-electron chi connectivity index (χ3n) is 2.15. The van der Waals surface area contributed by atoms with Crippen molar-refractivity contribution in [2.75, 3.05) is 32.6 Å². The molecule has 0 unspecified atom stereocenters. The molecule has 0 spiro atoms. The average molecular weight is 228 g/mol. The van der Waals surface area contributed by atoms with Crippen LogP contribution in [0, 0.1) is 11.6 Å². The van der Waals surface area contributed by atoms with Crippen molar-refractivity contribution in [2.45, 2.75) is 0 Å². The second-order valence-corrected chi connectivity index (χ2v) is 3.61. The monoisotopic (exact) mass is 228 g/mol. The minimum atomic E-state index is -0.994. The van der Waals surface area contributed by atoms with Crippen LogP contribution in [0.15, 0.2) is 12.1 Å². The second kappa shape index (κ2) is 5.03. The highest BCUT2D eigenvalue weighted by Gasteiger charge is 2.19. The van der Waals surface area contributed by atoms with Crippen molar-refractivity contribution in [1.82, 2.24) is 5.32 Å². The lowest BCUT2D eigenvalue weighted by Gasteiger charge is -2.17. The lowest BCUT2D eigenvalue weighted by Crippen LogP contribution is -2.23. The predicted molar refractivity (Wildman–Crippen MR) is 58.9 cm³/mol. The zero-order valence-electron chi connectivity index (χ0n) is 9.47. The van der Waals surface area contributed by atoms with Gasteiger partial charge < -0.3 is 10.2 Å². The number of benzene rings is 1. The second-order valence-electron chi connectivity index (χ2n) is 3.61. The highest BCUT2D eigenvalue weighted by atomic mass is 19.2. The summed E-state index contributed by atoms with van der Waals surface area (Å²) >= 11 is 0. The van der Waals surface area contributed by atoms with Crippen LogP contribution in [-0.4, -0.2) is 33.5 Å². The van der Waals surface area contributed by atoms with Crippen molar-refractivity contribution in [2.24, 2.45) is 0 Å². The van der Waals surface area contributed by atoms with E-state index < -0.39 is 11.6 Å². The third-order valence-corrected chi connectivity index (χ3v) is 2.15. The molecule has 1 N–H and O–H groups in total. The van der Waals surface area contributed by atoms with Gasteiger partial charge in [-0.3, -0.25) is 4.79 Å². The zero-order chi connectivity index (χ0) is 12.3. The Bertz CT molecular complexity index is 405. The van der Waals surface area contributed by atoms with Crippen LogP contribution < -0.4 is 10.2 Å². The summed E-state index contributed by atoms with van der Waals surface area (Å²) in [5, 5.41) is 2.68. The molecule has 0 amide bonds. The van der Waals surface area contributed by atoms with E-state index in [1.54, 1.807) is 21.1 Å². The number of likely N-dealkylation sites (N-methyl/N-ethyl adjacent to an activating group) is 1. The van der Waals surface area contributed by atoms with Gasteiger partial charge in [-0.15, -0.1) is 0 Å². The first kappa shape index (κ1) is 12.6. The zero-order valence-corrected chi connectivity index (χ0v) is 9.47. The Balaban J connectivity index is 3.28. The summed E-state index contributed by atoms with van der Waals surface area (Å²) in [5.41, 5.74) is 0.165. The average Bonchev–Trinajstić information content (AvgIpc) is 2.21.